The maximum atomic E-state index is 6.12. The summed E-state index contributed by atoms with van der Waals surface area (Å²) in [5.74, 6) is 1.50. The Hall–Kier alpha value is -2.09. The molecule has 6 rings (SSSR count). The molecule has 4 heterocycles. The van der Waals surface area contributed by atoms with E-state index in [2.05, 4.69) is 44.5 Å². The monoisotopic (exact) mass is 477 g/mol. The zero-order valence-electron chi connectivity index (χ0n) is 21.0. The van der Waals surface area contributed by atoms with Crippen molar-refractivity contribution in [1.29, 1.82) is 0 Å². The quantitative estimate of drug-likeness (QED) is 0.649. The molecular weight excluding hydrogens is 438 g/mol. The molecule has 35 heavy (non-hydrogen) atoms. The molecule has 0 unspecified atom stereocenters. The Balaban J connectivity index is 1.02. The van der Waals surface area contributed by atoms with Crippen LogP contribution in [0.2, 0.25) is 0 Å². The van der Waals surface area contributed by atoms with Crippen LogP contribution in [0.1, 0.15) is 69.9 Å². The second-order valence-electron chi connectivity index (χ2n) is 11.6. The number of anilines is 1. The van der Waals surface area contributed by atoms with E-state index in [1.807, 2.05) is 18.5 Å². The molecule has 2 aliphatic heterocycles. The Morgan fingerprint density at radius 3 is 2.66 bits per heavy atom. The standard InChI is InChI=1S/C28H39N5O2/c1-27(19-33-13-10-28(11-14-33)20-34-15-16-35-28)8-6-23(7-9-27)31-25-17-22(18-30-32-25)24-3-2-12-29-26(24)21-4-5-21/h2-3,12,17-18,21,23H,4-11,13-16,19-20H2,1H3,(H,31,32). The van der Waals surface area contributed by atoms with Crippen LogP contribution in [0.4, 0.5) is 5.82 Å². The Morgan fingerprint density at radius 1 is 1.09 bits per heavy atom. The van der Waals surface area contributed by atoms with Gasteiger partial charge in [-0.05, 0) is 68.9 Å². The highest BCUT2D eigenvalue weighted by Gasteiger charge is 2.40. The summed E-state index contributed by atoms with van der Waals surface area (Å²) in [6.07, 6.45) is 13.3. The topological polar surface area (TPSA) is 72.4 Å². The highest BCUT2D eigenvalue weighted by molar-refractivity contribution is 5.68. The molecule has 0 bridgehead atoms. The van der Waals surface area contributed by atoms with E-state index in [1.165, 1.54) is 56.3 Å². The average molecular weight is 478 g/mol. The van der Waals surface area contributed by atoms with E-state index in [0.717, 1.165) is 57.1 Å². The lowest BCUT2D eigenvalue weighted by Gasteiger charge is -2.47. The second-order valence-corrected chi connectivity index (χ2v) is 11.6. The van der Waals surface area contributed by atoms with Crippen molar-refractivity contribution in [2.75, 3.05) is 44.8 Å². The first kappa shape index (κ1) is 23.3. The predicted octanol–water partition coefficient (Wildman–Crippen LogP) is 4.66. The van der Waals surface area contributed by atoms with Gasteiger partial charge in [0.2, 0.25) is 0 Å². The first-order chi connectivity index (χ1) is 17.1. The highest BCUT2D eigenvalue weighted by atomic mass is 16.6. The molecule has 2 aromatic rings. The number of pyridine rings is 1. The maximum absolute atomic E-state index is 6.12. The molecule has 4 aliphatic rings. The molecule has 2 saturated heterocycles. The smallest absolute Gasteiger partial charge is 0.149 e. The minimum Gasteiger partial charge on any atom is -0.376 e. The summed E-state index contributed by atoms with van der Waals surface area (Å²) in [6.45, 7) is 8.20. The molecule has 2 aromatic heterocycles. The molecule has 1 N–H and O–H groups in total. The summed E-state index contributed by atoms with van der Waals surface area (Å²) in [4.78, 5) is 7.33. The minimum absolute atomic E-state index is 0.0119. The molecular formula is C28H39N5O2. The zero-order valence-corrected chi connectivity index (χ0v) is 21.0. The van der Waals surface area contributed by atoms with Crippen molar-refractivity contribution in [3.63, 3.8) is 0 Å². The van der Waals surface area contributed by atoms with Gasteiger partial charge in [-0.2, -0.15) is 5.10 Å². The number of hydrogen-bond donors (Lipinski definition) is 1. The fourth-order valence-corrected chi connectivity index (χ4v) is 6.32. The van der Waals surface area contributed by atoms with Gasteiger partial charge in [-0.15, -0.1) is 5.10 Å². The van der Waals surface area contributed by atoms with Gasteiger partial charge in [-0.3, -0.25) is 4.98 Å². The van der Waals surface area contributed by atoms with Crippen LogP contribution < -0.4 is 5.32 Å². The summed E-state index contributed by atoms with van der Waals surface area (Å²) in [6, 6.07) is 6.81. The summed E-state index contributed by atoms with van der Waals surface area (Å²) >= 11 is 0. The number of nitrogens with one attached hydrogen (secondary N) is 1. The van der Waals surface area contributed by atoms with E-state index >= 15 is 0 Å². The first-order valence-corrected chi connectivity index (χ1v) is 13.6. The third-order valence-corrected chi connectivity index (χ3v) is 8.69. The van der Waals surface area contributed by atoms with Gasteiger partial charge in [0.25, 0.3) is 0 Å². The third-order valence-electron chi connectivity index (χ3n) is 8.69. The summed E-state index contributed by atoms with van der Waals surface area (Å²) in [7, 11) is 0. The van der Waals surface area contributed by atoms with Gasteiger partial charge >= 0.3 is 0 Å². The predicted molar refractivity (Wildman–Crippen MR) is 136 cm³/mol. The zero-order chi connectivity index (χ0) is 23.7. The SMILES string of the molecule is CC1(CN2CCC3(CC2)COCCO3)CCC(Nc2cc(-c3cccnc3C3CC3)cnn2)CC1. The van der Waals surface area contributed by atoms with Gasteiger partial charge in [0, 0.05) is 48.9 Å². The van der Waals surface area contributed by atoms with E-state index < -0.39 is 0 Å². The van der Waals surface area contributed by atoms with Crippen LogP contribution in [-0.4, -0.2) is 71.2 Å². The first-order valence-electron chi connectivity index (χ1n) is 13.6. The van der Waals surface area contributed by atoms with Gasteiger partial charge in [0.05, 0.1) is 37.3 Å². The van der Waals surface area contributed by atoms with E-state index in [9.17, 15) is 0 Å². The number of hydrogen-bond acceptors (Lipinski definition) is 7. The summed E-state index contributed by atoms with van der Waals surface area (Å²) in [5, 5.41) is 12.4. The Morgan fingerprint density at radius 2 is 1.91 bits per heavy atom. The van der Waals surface area contributed by atoms with Crippen LogP contribution in [0.25, 0.3) is 11.1 Å². The van der Waals surface area contributed by atoms with Crippen LogP contribution in [0, 0.1) is 5.41 Å². The molecule has 2 saturated carbocycles. The van der Waals surface area contributed by atoms with Crippen molar-refractivity contribution < 1.29 is 9.47 Å². The number of likely N-dealkylation sites (tertiary alicyclic amines) is 1. The highest BCUT2D eigenvalue weighted by Crippen LogP contribution is 2.43. The molecule has 4 fully saturated rings. The summed E-state index contributed by atoms with van der Waals surface area (Å²) in [5.41, 5.74) is 3.91. The fourth-order valence-electron chi connectivity index (χ4n) is 6.32. The fraction of sp³-hybridized carbons (Fsp3) is 0.679. The number of nitrogens with zero attached hydrogens (tertiary/aromatic N) is 4. The Labute approximate surface area is 209 Å². The number of piperidine rings is 1. The van der Waals surface area contributed by atoms with Crippen molar-refractivity contribution in [3.8, 4) is 11.1 Å². The second kappa shape index (κ2) is 9.75. The molecule has 0 radical (unpaired) electrons. The van der Waals surface area contributed by atoms with Gasteiger partial charge in [-0.1, -0.05) is 13.0 Å². The van der Waals surface area contributed by atoms with Crippen LogP contribution in [-0.2, 0) is 9.47 Å². The molecule has 188 valence electrons. The van der Waals surface area contributed by atoms with E-state index in [4.69, 9.17) is 9.47 Å². The minimum atomic E-state index is -0.0119. The molecule has 1 spiro atoms. The Bertz CT molecular complexity index is 1000. The van der Waals surface area contributed by atoms with Crippen molar-refractivity contribution in [2.24, 2.45) is 5.41 Å². The number of aromatic nitrogens is 3. The molecule has 0 atom stereocenters. The molecule has 0 amide bonds. The molecule has 0 aromatic carbocycles. The van der Waals surface area contributed by atoms with Crippen molar-refractivity contribution in [2.45, 2.75) is 75.9 Å². The lowest BCUT2D eigenvalue weighted by Crippen LogP contribution is -2.53. The largest absolute Gasteiger partial charge is 0.376 e. The van der Waals surface area contributed by atoms with Crippen LogP contribution in [0.3, 0.4) is 0 Å². The normalized spacial score (nSPS) is 29.2. The van der Waals surface area contributed by atoms with E-state index in [-0.39, 0.29) is 5.60 Å². The average Bonchev–Trinajstić information content (AvgIpc) is 3.74. The van der Waals surface area contributed by atoms with Gasteiger partial charge in [0.1, 0.15) is 5.82 Å². The summed E-state index contributed by atoms with van der Waals surface area (Å²) < 4.78 is 11.8. The van der Waals surface area contributed by atoms with Crippen LogP contribution in [0.5, 0.6) is 0 Å². The lowest BCUT2D eigenvalue weighted by molar-refractivity contribution is -0.178. The molecule has 2 aliphatic carbocycles. The Kier molecular flexibility index (Phi) is 6.50. The van der Waals surface area contributed by atoms with Gasteiger partial charge in [0.15, 0.2) is 0 Å². The van der Waals surface area contributed by atoms with Crippen molar-refractivity contribution in [3.05, 3.63) is 36.3 Å². The van der Waals surface area contributed by atoms with Crippen molar-refractivity contribution >= 4 is 5.82 Å². The van der Waals surface area contributed by atoms with Crippen LogP contribution in [0.15, 0.2) is 30.6 Å². The number of ether oxygens (including phenoxy) is 2. The lowest BCUT2D eigenvalue weighted by atomic mass is 9.73. The van der Waals surface area contributed by atoms with E-state index in [1.54, 1.807) is 0 Å². The van der Waals surface area contributed by atoms with E-state index in [0.29, 0.717) is 17.4 Å². The maximum Gasteiger partial charge on any atom is 0.149 e. The molecule has 7 heteroatoms. The van der Waals surface area contributed by atoms with Gasteiger partial charge < -0.3 is 19.7 Å². The van der Waals surface area contributed by atoms with Gasteiger partial charge in [-0.25, -0.2) is 0 Å². The van der Waals surface area contributed by atoms with Crippen LogP contribution >= 0.6 is 0 Å². The number of rotatable bonds is 6. The third kappa shape index (κ3) is 5.37. The van der Waals surface area contributed by atoms with Crippen molar-refractivity contribution in [1.82, 2.24) is 20.1 Å². The molecule has 7 nitrogen and oxygen atoms in total.